The maximum Gasteiger partial charge on any atom is 0.312 e. The van der Waals surface area contributed by atoms with Crippen molar-refractivity contribution in [2.24, 2.45) is 0 Å². The lowest BCUT2D eigenvalue weighted by Crippen LogP contribution is -2.43. The second-order valence-electron chi connectivity index (χ2n) is 3.45. The van der Waals surface area contributed by atoms with E-state index in [9.17, 15) is 9.59 Å². The maximum atomic E-state index is 11.6. The van der Waals surface area contributed by atoms with Crippen molar-refractivity contribution in [3.05, 3.63) is 0 Å². The van der Waals surface area contributed by atoms with Crippen LogP contribution in [0.2, 0.25) is 0 Å². The third-order valence-electron chi connectivity index (χ3n) is 2.10. The summed E-state index contributed by atoms with van der Waals surface area (Å²) in [6.07, 6.45) is -0.502. The fraction of sp³-hybridized carbons (Fsp3) is 0.800. The van der Waals surface area contributed by atoms with Crippen LogP contribution in [0.15, 0.2) is 0 Å². The Hall–Kier alpha value is -1.14. The Labute approximate surface area is 95.1 Å². The summed E-state index contributed by atoms with van der Waals surface area (Å²) in [7, 11) is 3.06. The van der Waals surface area contributed by atoms with Gasteiger partial charge in [0.15, 0.2) is 0 Å². The molecule has 1 N–H and O–H groups in total. The number of methoxy groups -OCH3 is 2. The van der Waals surface area contributed by atoms with E-state index in [0.29, 0.717) is 19.8 Å². The minimum atomic E-state index is -1.13. The van der Waals surface area contributed by atoms with Crippen LogP contribution in [0.5, 0.6) is 0 Å². The van der Waals surface area contributed by atoms with Crippen molar-refractivity contribution < 1.29 is 24.2 Å². The lowest BCUT2D eigenvalue weighted by atomic mass is 10.2. The average molecular weight is 233 g/mol. The number of ether oxygens (including phenoxy) is 2. The van der Waals surface area contributed by atoms with Crippen LogP contribution in [0.4, 0.5) is 0 Å². The minimum absolute atomic E-state index is 0.160. The second kappa shape index (κ2) is 8.06. The van der Waals surface area contributed by atoms with E-state index in [1.54, 1.807) is 6.92 Å². The summed E-state index contributed by atoms with van der Waals surface area (Å²) in [5, 5.41) is 8.56. The normalized spacial score (nSPS) is 12.2. The van der Waals surface area contributed by atoms with Crippen LogP contribution in [0.1, 0.15) is 13.3 Å². The Morgan fingerprint density at radius 2 is 1.94 bits per heavy atom. The van der Waals surface area contributed by atoms with Crippen molar-refractivity contribution in [1.82, 2.24) is 4.90 Å². The van der Waals surface area contributed by atoms with Gasteiger partial charge in [0.05, 0.1) is 19.3 Å². The lowest BCUT2D eigenvalue weighted by Gasteiger charge is -2.28. The van der Waals surface area contributed by atoms with E-state index in [1.165, 1.54) is 19.1 Å². The largest absolute Gasteiger partial charge is 0.481 e. The van der Waals surface area contributed by atoms with Gasteiger partial charge in [0, 0.05) is 20.8 Å². The predicted molar refractivity (Wildman–Crippen MR) is 57.2 cm³/mol. The summed E-state index contributed by atoms with van der Waals surface area (Å²) in [6.45, 7) is 2.92. The summed E-state index contributed by atoms with van der Waals surface area (Å²) in [4.78, 5) is 23.5. The van der Waals surface area contributed by atoms with Gasteiger partial charge in [-0.1, -0.05) is 0 Å². The number of amides is 1. The summed E-state index contributed by atoms with van der Waals surface area (Å²) < 4.78 is 9.81. The molecule has 1 amide bonds. The van der Waals surface area contributed by atoms with Gasteiger partial charge in [-0.15, -0.1) is 0 Å². The molecule has 0 fully saturated rings. The molecule has 1 unspecified atom stereocenters. The number of rotatable bonds is 8. The molecule has 0 saturated carbocycles. The van der Waals surface area contributed by atoms with Crippen molar-refractivity contribution in [2.45, 2.75) is 19.4 Å². The summed E-state index contributed by atoms with van der Waals surface area (Å²) in [5.41, 5.74) is 0. The minimum Gasteiger partial charge on any atom is -0.481 e. The fourth-order valence-electron chi connectivity index (χ4n) is 1.34. The lowest BCUT2D eigenvalue weighted by molar-refractivity contribution is -0.146. The van der Waals surface area contributed by atoms with Crippen LogP contribution in [0, 0.1) is 0 Å². The Bertz CT molecular complexity index is 231. The van der Waals surface area contributed by atoms with Gasteiger partial charge >= 0.3 is 5.97 Å². The van der Waals surface area contributed by atoms with Crippen molar-refractivity contribution in [2.75, 3.05) is 34.0 Å². The first kappa shape index (κ1) is 14.9. The van der Waals surface area contributed by atoms with Gasteiger partial charge in [0.25, 0.3) is 0 Å². The van der Waals surface area contributed by atoms with Gasteiger partial charge in [0.1, 0.15) is 6.42 Å². The number of nitrogens with zero attached hydrogens (tertiary/aromatic N) is 1. The SMILES string of the molecule is COCCN(C(=O)CC(=O)O)C(C)COC. The van der Waals surface area contributed by atoms with Gasteiger partial charge in [-0.3, -0.25) is 9.59 Å². The monoisotopic (exact) mass is 233 g/mol. The molecule has 0 saturated heterocycles. The molecule has 0 rings (SSSR count). The predicted octanol–water partition coefficient (Wildman–Crippen LogP) is -0.0290. The highest BCUT2D eigenvalue weighted by Crippen LogP contribution is 2.03. The summed E-state index contributed by atoms with van der Waals surface area (Å²) in [6, 6.07) is -0.160. The van der Waals surface area contributed by atoms with Crippen LogP contribution < -0.4 is 0 Å². The van der Waals surface area contributed by atoms with Crippen LogP contribution in [0.25, 0.3) is 0 Å². The van der Waals surface area contributed by atoms with Crippen LogP contribution in [-0.2, 0) is 19.1 Å². The number of hydrogen-bond donors (Lipinski definition) is 1. The zero-order chi connectivity index (χ0) is 12.6. The molecule has 0 aliphatic heterocycles. The number of aliphatic carboxylic acids is 1. The fourth-order valence-corrected chi connectivity index (χ4v) is 1.34. The molecule has 94 valence electrons. The average Bonchev–Trinajstić information content (AvgIpc) is 2.17. The Morgan fingerprint density at radius 1 is 1.31 bits per heavy atom. The van der Waals surface area contributed by atoms with Crippen molar-refractivity contribution >= 4 is 11.9 Å². The van der Waals surface area contributed by atoms with Gasteiger partial charge in [-0.05, 0) is 6.92 Å². The molecule has 0 aliphatic carbocycles. The first-order valence-corrected chi connectivity index (χ1v) is 5.02. The first-order valence-electron chi connectivity index (χ1n) is 5.02. The molecule has 0 aromatic heterocycles. The highest BCUT2D eigenvalue weighted by atomic mass is 16.5. The highest BCUT2D eigenvalue weighted by molar-refractivity contribution is 5.93. The van der Waals surface area contributed by atoms with E-state index in [0.717, 1.165) is 0 Å². The van der Waals surface area contributed by atoms with Gasteiger partial charge < -0.3 is 19.5 Å². The van der Waals surface area contributed by atoms with Crippen molar-refractivity contribution in [1.29, 1.82) is 0 Å². The van der Waals surface area contributed by atoms with E-state index in [2.05, 4.69) is 0 Å². The highest BCUT2D eigenvalue weighted by Gasteiger charge is 2.21. The van der Waals surface area contributed by atoms with Crippen LogP contribution >= 0.6 is 0 Å². The Kier molecular flexibility index (Phi) is 7.49. The quantitative estimate of drug-likeness (QED) is 0.596. The smallest absolute Gasteiger partial charge is 0.312 e. The molecule has 0 spiro atoms. The third-order valence-corrected chi connectivity index (χ3v) is 2.10. The van der Waals surface area contributed by atoms with E-state index in [1.807, 2.05) is 0 Å². The molecule has 0 aliphatic rings. The molecule has 6 heteroatoms. The van der Waals surface area contributed by atoms with E-state index < -0.39 is 18.3 Å². The molecule has 0 bridgehead atoms. The molecular weight excluding hydrogens is 214 g/mol. The molecule has 0 aromatic rings. The standard InChI is InChI=1S/C10H19NO5/c1-8(7-16-3)11(4-5-15-2)9(12)6-10(13)14/h8H,4-7H2,1-3H3,(H,13,14). The molecule has 0 heterocycles. The topological polar surface area (TPSA) is 76.1 Å². The number of carboxylic acids is 1. The van der Waals surface area contributed by atoms with Crippen molar-refractivity contribution in [3.63, 3.8) is 0 Å². The molecular formula is C10H19NO5. The Morgan fingerprint density at radius 3 is 2.38 bits per heavy atom. The molecule has 0 radical (unpaired) electrons. The zero-order valence-corrected chi connectivity index (χ0v) is 9.93. The molecule has 6 nitrogen and oxygen atoms in total. The molecule has 1 atom stereocenters. The van der Waals surface area contributed by atoms with Gasteiger partial charge in [-0.2, -0.15) is 0 Å². The third kappa shape index (κ3) is 5.67. The zero-order valence-electron chi connectivity index (χ0n) is 9.93. The maximum absolute atomic E-state index is 11.6. The van der Waals surface area contributed by atoms with Crippen LogP contribution in [-0.4, -0.2) is 61.9 Å². The van der Waals surface area contributed by atoms with Crippen molar-refractivity contribution in [3.8, 4) is 0 Å². The number of hydrogen-bond acceptors (Lipinski definition) is 4. The van der Waals surface area contributed by atoms with Gasteiger partial charge in [0.2, 0.25) is 5.91 Å². The number of carbonyl (C=O) groups is 2. The first-order chi connectivity index (χ1) is 7.52. The number of carboxylic acid groups (broad SMARTS) is 1. The van der Waals surface area contributed by atoms with Gasteiger partial charge in [-0.25, -0.2) is 0 Å². The molecule has 16 heavy (non-hydrogen) atoms. The number of carbonyl (C=O) groups excluding carboxylic acids is 1. The second-order valence-corrected chi connectivity index (χ2v) is 3.45. The van der Waals surface area contributed by atoms with E-state index in [4.69, 9.17) is 14.6 Å². The van der Waals surface area contributed by atoms with Crippen LogP contribution in [0.3, 0.4) is 0 Å². The summed E-state index contributed by atoms with van der Waals surface area (Å²) in [5.74, 6) is -1.55. The van der Waals surface area contributed by atoms with E-state index >= 15 is 0 Å². The molecule has 0 aromatic carbocycles. The summed E-state index contributed by atoms with van der Waals surface area (Å²) >= 11 is 0. The Balaban J connectivity index is 4.38. The van der Waals surface area contributed by atoms with E-state index in [-0.39, 0.29) is 6.04 Å².